The smallest absolute Gasteiger partial charge is 0.318 e. The van der Waals surface area contributed by atoms with Crippen molar-refractivity contribution in [1.29, 1.82) is 0 Å². The van der Waals surface area contributed by atoms with E-state index in [0.29, 0.717) is 24.3 Å². The first-order valence-electron chi connectivity index (χ1n) is 9.53. The minimum Gasteiger partial charge on any atom is -0.357 e. The van der Waals surface area contributed by atoms with E-state index in [4.69, 9.17) is 0 Å². The van der Waals surface area contributed by atoms with Crippen molar-refractivity contribution < 1.29 is 14.4 Å². The van der Waals surface area contributed by atoms with Crippen molar-refractivity contribution in [2.24, 2.45) is 0 Å². The van der Waals surface area contributed by atoms with E-state index >= 15 is 0 Å². The van der Waals surface area contributed by atoms with Crippen LogP contribution in [-0.4, -0.2) is 40.7 Å². The lowest BCUT2D eigenvalue weighted by Crippen LogP contribution is -2.45. The number of ketones is 1. The molecule has 148 valence electrons. The number of nitrogens with one attached hydrogen (secondary N) is 3. The highest BCUT2D eigenvalue weighted by Crippen LogP contribution is 2.27. The summed E-state index contributed by atoms with van der Waals surface area (Å²) in [6.07, 6.45) is 0.779. The molecule has 1 aliphatic heterocycles. The maximum atomic E-state index is 12.5. The molecule has 0 saturated heterocycles. The maximum Gasteiger partial charge on any atom is 0.318 e. The Morgan fingerprint density at radius 1 is 1.07 bits per heavy atom. The summed E-state index contributed by atoms with van der Waals surface area (Å²) in [5, 5.41) is 6.59. The lowest BCUT2D eigenvalue weighted by atomic mass is 10.0. The molecule has 0 unspecified atom stereocenters. The average Bonchev–Trinajstić information content (AvgIpc) is 3.10. The van der Waals surface area contributed by atoms with Gasteiger partial charge in [0, 0.05) is 34.4 Å². The number of aromatic amines is 1. The molecule has 4 rings (SSSR count). The number of nitrogens with zero attached hydrogens (tertiary/aromatic N) is 1. The number of rotatable bonds is 4. The maximum absolute atomic E-state index is 12.5. The molecular formula is C22H22N4O3. The highest BCUT2D eigenvalue weighted by Gasteiger charge is 2.24. The third-order valence-corrected chi connectivity index (χ3v) is 5.15. The van der Waals surface area contributed by atoms with Crippen molar-refractivity contribution in [2.75, 3.05) is 18.4 Å². The summed E-state index contributed by atoms with van der Waals surface area (Å²) in [7, 11) is 0. The fourth-order valence-electron chi connectivity index (χ4n) is 3.63. The van der Waals surface area contributed by atoms with Crippen molar-refractivity contribution in [2.45, 2.75) is 19.9 Å². The Balaban J connectivity index is 1.31. The molecular weight excluding hydrogens is 368 g/mol. The van der Waals surface area contributed by atoms with Gasteiger partial charge in [0.2, 0.25) is 5.91 Å². The molecule has 0 radical (unpaired) electrons. The number of hydrogen-bond donors (Lipinski definition) is 3. The fourth-order valence-corrected chi connectivity index (χ4v) is 3.63. The van der Waals surface area contributed by atoms with Gasteiger partial charge in [0.1, 0.15) is 0 Å². The first kappa shape index (κ1) is 18.7. The van der Waals surface area contributed by atoms with E-state index in [2.05, 4.69) is 21.7 Å². The van der Waals surface area contributed by atoms with Crippen LogP contribution in [0.2, 0.25) is 0 Å². The molecule has 0 atom stereocenters. The molecule has 1 aliphatic rings. The van der Waals surface area contributed by atoms with Crippen LogP contribution in [0.1, 0.15) is 28.5 Å². The second-order valence-corrected chi connectivity index (χ2v) is 7.14. The Labute approximate surface area is 168 Å². The normalized spacial score (nSPS) is 13.1. The summed E-state index contributed by atoms with van der Waals surface area (Å²) in [6, 6.07) is 14.5. The average molecular weight is 390 g/mol. The van der Waals surface area contributed by atoms with Crippen molar-refractivity contribution in [3.8, 4) is 0 Å². The summed E-state index contributed by atoms with van der Waals surface area (Å²) in [5.74, 6) is -0.355. The van der Waals surface area contributed by atoms with E-state index in [-0.39, 0.29) is 24.3 Å². The van der Waals surface area contributed by atoms with Crippen LogP contribution in [0.5, 0.6) is 0 Å². The van der Waals surface area contributed by atoms with Gasteiger partial charge in [-0.25, -0.2) is 4.79 Å². The van der Waals surface area contributed by atoms with E-state index in [1.165, 1.54) is 17.9 Å². The summed E-state index contributed by atoms with van der Waals surface area (Å²) in [5.41, 5.74) is 4.54. The van der Waals surface area contributed by atoms with E-state index in [1.54, 1.807) is 29.2 Å². The summed E-state index contributed by atoms with van der Waals surface area (Å²) in [4.78, 5) is 41.0. The van der Waals surface area contributed by atoms with Gasteiger partial charge in [-0.05, 0) is 49.2 Å². The Hall–Kier alpha value is -3.61. The van der Waals surface area contributed by atoms with Crippen LogP contribution in [0.4, 0.5) is 10.5 Å². The molecule has 2 heterocycles. The molecule has 3 amide bonds. The number of para-hydroxylation sites is 1. The van der Waals surface area contributed by atoms with Crippen molar-refractivity contribution in [3.05, 3.63) is 65.4 Å². The van der Waals surface area contributed by atoms with Gasteiger partial charge in [-0.1, -0.05) is 18.2 Å². The van der Waals surface area contributed by atoms with Gasteiger partial charge in [0.15, 0.2) is 5.78 Å². The topological polar surface area (TPSA) is 94.3 Å². The molecule has 3 aromatic rings. The van der Waals surface area contributed by atoms with Gasteiger partial charge < -0.3 is 20.5 Å². The summed E-state index contributed by atoms with van der Waals surface area (Å²) >= 11 is 0. The molecule has 29 heavy (non-hydrogen) atoms. The monoisotopic (exact) mass is 390 g/mol. The zero-order valence-corrected chi connectivity index (χ0v) is 16.1. The zero-order valence-electron chi connectivity index (χ0n) is 16.1. The zero-order chi connectivity index (χ0) is 20.4. The molecule has 0 saturated carbocycles. The van der Waals surface area contributed by atoms with Crippen LogP contribution in [0, 0.1) is 0 Å². The van der Waals surface area contributed by atoms with Crippen molar-refractivity contribution in [1.82, 2.24) is 15.2 Å². The van der Waals surface area contributed by atoms with Gasteiger partial charge in [-0.3, -0.25) is 9.59 Å². The Morgan fingerprint density at radius 3 is 2.59 bits per heavy atom. The number of fused-ring (bicyclic) bond motifs is 3. The van der Waals surface area contributed by atoms with Gasteiger partial charge in [0.25, 0.3) is 0 Å². The standard InChI is InChI=1S/C22H22N4O3/c1-14(27)15-6-8-16(9-7-15)24-21(28)12-23-22(29)26-11-10-18-17-4-2-3-5-19(17)25-20(18)13-26/h2-9,25H,10-13H2,1H3,(H,23,29)(H,24,28). The van der Waals surface area contributed by atoms with Crippen molar-refractivity contribution >= 4 is 34.3 Å². The third kappa shape index (κ3) is 3.99. The molecule has 3 N–H and O–H groups in total. The summed E-state index contributed by atoms with van der Waals surface area (Å²) in [6.45, 7) is 2.46. The van der Waals surface area contributed by atoms with Gasteiger partial charge >= 0.3 is 6.03 Å². The second-order valence-electron chi connectivity index (χ2n) is 7.14. The van der Waals surface area contributed by atoms with Crippen LogP contribution < -0.4 is 10.6 Å². The van der Waals surface area contributed by atoms with Gasteiger partial charge in [-0.15, -0.1) is 0 Å². The van der Waals surface area contributed by atoms with Crippen LogP contribution >= 0.6 is 0 Å². The van der Waals surface area contributed by atoms with Crippen LogP contribution in [0.3, 0.4) is 0 Å². The largest absolute Gasteiger partial charge is 0.357 e. The number of hydrogen-bond acceptors (Lipinski definition) is 3. The third-order valence-electron chi connectivity index (χ3n) is 5.15. The van der Waals surface area contributed by atoms with Crippen LogP contribution in [-0.2, 0) is 17.8 Å². The molecule has 7 heteroatoms. The lowest BCUT2D eigenvalue weighted by Gasteiger charge is -2.27. The first-order chi connectivity index (χ1) is 14.0. The van der Waals surface area contributed by atoms with Gasteiger partial charge in [0.05, 0.1) is 13.1 Å². The lowest BCUT2D eigenvalue weighted by molar-refractivity contribution is -0.115. The fraction of sp³-hybridized carbons (Fsp3) is 0.227. The molecule has 0 aliphatic carbocycles. The van der Waals surface area contributed by atoms with E-state index in [0.717, 1.165) is 17.6 Å². The minimum absolute atomic E-state index is 0.0326. The number of anilines is 1. The Bertz CT molecular complexity index is 1090. The number of carbonyl (C=O) groups is 3. The second kappa shape index (κ2) is 7.79. The molecule has 0 fully saturated rings. The number of H-pyrrole nitrogens is 1. The quantitative estimate of drug-likeness (QED) is 0.598. The van der Waals surface area contributed by atoms with E-state index < -0.39 is 0 Å². The molecule has 1 aromatic heterocycles. The van der Waals surface area contributed by atoms with Crippen molar-refractivity contribution in [3.63, 3.8) is 0 Å². The number of urea groups is 1. The van der Waals surface area contributed by atoms with Gasteiger partial charge in [-0.2, -0.15) is 0 Å². The SMILES string of the molecule is CC(=O)c1ccc(NC(=O)CNC(=O)N2CCc3c([nH]c4ccccc34)C2)cc1. The predicted octanol–water partition coefficient (Wildman–Crippen LogP) is 3.08. The molecule has 2 aromatic carbocycles. The van der Waals surface area contributed by atoms with Crippen LogP contribution in [0.15, 0.2) is 48.5 Å². The molecule has 7 nitrogen and oxygen atoms in total. The molecule has 0 bridgehead atoms. The summed E-state index contributed by atoms with van der Waals surface area (Å²) < 4.78 is 0. The molecule has 0 spiro atoms. The first-order valence-corrected chi connectivity index (χ1v) is 9.53. The number of benzene rings is 2. The number of amides is 3. The number of carbonyl (C=O) groups excluding carboxylic acids is 3. The Kier molecular flexibility index (Phi) is 5.03. The minimum atomic E-state index is -0.322. The number of Topliss-reactive ketones (excluding diaryl/α,β-unsaturated/α-hetero) is 1. The predicted molar refractivity (Wildman–Crippen MR) is 111 cm³/mol. The number of aromatic nitrogens is 1. The van der Waals surface area contributed by atoms with Crippen LogP contribution in [0.25, 0.3) is 10.9 Å². The van der Waals surface area contributed by atoms with E-state index in [9.17, 15) is 14.4 Å². The highest BCUT2D eigenvalue weighted by molar-refractivity contribution is 5.96. The van der Waals surface area contributed by atoms with E-state index in [1.807, 2.05) is 18.2 Å². The Morgan fingerprint density at radius 2 is 1.83 bits per heavy atom. The highest BCUT2D eigenvalue weighted by atomic mass is 16.2.